The smallest absolute Gasteiger partial charge is 0.251 e. The lowest BCUT2D eigenvalue weighted by Crippen LogP contribution is -2.32. The standard InChI is InChI=1S/C15H21NO3/c1-10-8-14(18-3)11(2)7-13(10)15(17)16-9-12-5-4-6-19-12/h7-8,12H,4-6,9H2,1-3H3,(H,16,17). The van der Waals surface area contributed by atoms with Gasteiger partial charge >= 0.3 is 0 Å². The van der Waals surface area contributed by atoms with Gasteiger partial charge in [0.15, 0.2) is 0 Å². The summed E-state index contributed by atoms with van der Waals surface area (Å²) < 4.78 is 10.7. The molecule has 104 valence electrons. The lowest BCUT2D eigenvalue weighted by atomic mass is 10.0. The van der Waals surface area contributed by atoms with Gasteiger partial charge in [-0.2, -0.15) is 0 Å². The largest absolute Gasteiger partial charge is 0.496 e. The molecule has 0 aromatic heterocycles. The van der Waals surface area contributed by atoms with Crippen LogP contribution in [-0.4, -0.2) is 32.3 Å². The third-order valence-electron chi connectivity index (χ3n) is 3.50. The van der Waals surface area contributed by atoms with E-state index in [0.717, 1.165) is 36.3 Å². The van der Waals surface area contributed by atoms with Crippen LogP contribution in [0.15, 0.2) is 12.1 Å². The number of hydrogen-bond donors (Lipinski definition) is 1. The molecule has 0 bridgehead atoms. The zero-order valence-corrected chi connectivity index (χ0v) is 11.8. The summed E-state index contributed by atoms with van der Waals surface area (Å²) in [6, 6.07) is 3.77. The molecule has 4 heteroatoms. The molecule has 4 nitrogen and oxygen atoms in total. The highest BCUT2D eigenvalue weighted by molar-refractivity contribution is 5.96. The Balaban J connectivity index is 2.03. The molecule has 1 aromatic rings. The molecule has 19 heavy (non-hydrogen) atoms. The fraction of sp³-hybridized carbons (Fsp3) is 0.533. The van der Waals surface area contributed by atoms with E-state index in [9.17, 15) is 4.79 Å². The minimum Gasteiger partial charge on any atom is -0.496 e. The Bertz CT molecular complexity index is 465. The summed E-state index contributed by atoms with van der Waals surface area (Å²) in [6.45, 7) is 5.25. The van der Waals surface area contributed by atoms with Crippen LogP contribution in [0.3, 0.4) is 0 Å². The molecule has 1 aromatic carbocycles. The quantitative estimate of drug-likeness (QED) is 0.906. The van der Waals surface area contributed by atoms with Crippen molar-refractivity contribution in [2.45, 2.75) is 32.8 Å². The SMILES string of the molecule is COc1cc(C)c(C(=O)NCC2CCCO2)cc1C. The Morgan fingerprint density at radius 2 is 2.21 bits per heavy atom. The van der Waals surface area contributed by atoms with Crippen molar-refractivity contribution in [1.29, 1.82) is 0 Å². The topological polar surface area (TPSA) is 47.6 Å². The molecule has 1 N–H and O–H groups in total. The number of amides is 1. The summed E-state index contributed by atoms with van der Waals surface area (Å²) >= 11 is 0. The molecule has 0 spiro atoms. The normalized spacial score (nSPS) is 18.4. The van der Waals surface area contributed by atoms with E-state index in [1.165, 1.54) is 0 Å². The van der Waals surface area contributed by atoms with Crippen molar-refractivity contribution in [2.75, 3.05) is 20.3 Å². The zero-order chi connectivity index (χ0) is 13.8. The van der Waals surface area contributed by atoms with Crippen LogP contribution in [0, 0.1) is 13.8 Å². The Morgan fingerprint density at radius 3 is 2.84 bits per heavy atom. The van der Waals surface area contributed by atoms with Gasteiger partial charge in [-0.05, 0) is 49.9 Å². The van der Waals surface area contributed by atoms with Crippen molar-refractivity contribution in [3.63, 3.8) is 0 Å². The number of hydrogen-bond acceptors (Lipinski definition) is 3. The second-order valence-corrected chi connectivity index (χ2v) is 4.98. The second kappa shape index (κ2) is 6.06. The van der Waals surface area contributed by atoms with Gasteiger partial charge in [-0.1, -0.05) is 0 Å². The number of carbonyl (C=O) groups is 1. The van der Waals surface area contributed by atoms with Crippen LogP contribution < -0.4 is 10.1 Å². The van der Waals surface area contributed by atoms with Crippen LogP contribution in [0.2, 0.25) is 0 Å². The van der Waals surface area contributed by atoms with Crippen LogP contribution in [0.1, 0.15) is 34.3 Å². The predicted molar refractivity (Wildman–Crippen MR) is 73.8 cm³/mol. The molecule has 0 radical (unpaired) electrons. The highest BCUT2D eigenvalue weighted by atomic mass is 16.5. The first-order chi connectivity index (χ1) is 9.11. The Labute approximate surface area is 114 Å². The summed E-state index contributed by atoms with van der Waals surface area (Å²) in [7, 11) is 1.64. The van der Waals surface area contributed by atoms with Crippen molar-refractivity contribution in [3.05, 3.63) is 28.8 Å². The van der Waals surface area contributed by atoms with E-state index in [2.05, 4.69) is 5.32 Å². The lowest BCUT2D eigenvalue weighted by Gasteiger charge is -2.14. The average molecular weight is 263 g/mol. The number of nitrogens with one attached hydrogen (secondary N) is 1. The number of ether oxygens (including phenoxy) is 2. The van der Waals surface area contributed by atoms with Crippen LogP contribution >= 0.6 is 0 Å². The van der Waals surface area contributed by atoms with Gasteiger partial charge in [0.25, 0.3) is 5.91 Å². The molecule has 1 unspecified atom stereocenters. The molecule has 1 heterocycles. The first-order valence-corrected chi connectivity index (χ1v) is 6.67. The average Bonchev–Trinajstić information content (AvgIpc) is 2.91. The van der Waals surface area contributed by atoms with Gasteiger partial charge in [0.05, 0.1) is 13.2 Å². The monoisotopic (exact) mass is 263 g/mol. The predicted octanol–water partition coefficient (Wildman–Crippen LogP) is 2.22. The van der Waals surface area contributed by atoms with Gasteiger partial charge < -0.3 is 14.8 Å². The van der Waals surface area contributed by atoms with Gasteiger partial charge in [-0.3, -0.25) is 4.79 Å². The van der Waals surface area contributed by atoms with Gasteiger partial charge in [0.2, 0.25) is 0 Å². The maximum Gasteiger partial charge on any atom is 0.251 e. The highest BCUT2D eigenvalue weighted by Gasteiger charge is 2.18. The van der Waals surface area contributed by atoms with Gasteiger partial charge in [-0.25, -0.2) is 0 Å². The molecule has 1 fully saturated rings. The van der Waals surface area contributed by atoms with Gasteiger partial charge in [-0.15, -0.1) is 0 Å². The maximum atomic E-state index is 12.2. The van der Waals surface area contributed by atoms with Crippen LogP contribution in [0.25, 0.3) is 0 Å². The van der Waals surface area contributed by atoms with Crippen molar-refractivity contribution in [1.82, 2.24) is 5.32 Å². The Hall–Kier alpha value is -1.55. The highest BCUT2D eigenvalue weighted by Crippen LogP contribution is 2.22. The molecule has 0 saturated carbocycles. The van der Waals surface area contributed by atoms with Crippen LogP contribution in [-0.2, 0) is 4.74 Å². The summed E-state index contributed by atoms with van der Waals surface area (Å²) in [5.74, 6) is 0.770. The van der Waals surface area contributed by atoms with Gasteiger partial charge in [0, 0.05) is 18.7 Å². The molecular formula is C15H21NO3. The summed E-state index contributed by atoms with van der Waals surface area (Å²) in [5.41, 5.74) is 2.60. The van der Waals surface area contributed by atoms with E-state index < -0.39 is 0 Å². The van der Waals surface area contributed by atoms with E-state index in [-0.39, 0.29) is 12.0 Å². The molecular weight excluding hydrogens is 242 g/mol. The van der Waals surface area contributed by atoms with Crippen LogP contribution in [0.4, 0.5) is 0 Å². The van der Waals surface area contributed by atoms with E-state index in [1.54, 1.807) is 7.11 Å². The van der Waals surface area contributed by atoms with E-state index in [1.807, 2.05) is 26.0 Å². The van der Waals surface area contributed by atoms with Crippen molar-refractivity contribution < 1.29 is 14.3 Å². The first kappa shape index (κ1) is 13.9. The number of methoxy groups -OCH3 is 1. The Kier molecular flexibility index (Phi) is 4.43. The second-order valence-electron chi connectivity index (χ2n) is 4.98. The molecule has 1 amide bonds. The number of rotatable bonds is 4. The molecule has 1 atom stereocenters. The molecule has 1 aliphatic rings. The fourth-order valence-corrected chi connectivity index (χ4v) is 2.36. The van der Waals surface area contributed by atoms with Crippen LogP contribution in [0.5, 0.6) is 5.75 Å². The number of aryl methyl sites for hydroxylation is 2. The maximum absolute atomic E-state index is 12.2. The zero-order valence-electron chi connectivity index (χ0n) is 11.8. The summed E-state index contributed by atoms with van der Waals surface area (Å²) in [6.07, 6.45) is 2.28. The Morgan fingerprint density at radius 1 is 1.42 bits per heavy atom. The van der Waals surface area contributed by atoms with Crippen molar-refractivity contribution in [3.8, 4) is 5.75 Å². The first-order valence-electron chi connectivity index (χ1n) is 6.67. The molecule has 0 aliphatic carbocycles. The van der Waals surface area contributed by atoms with Crippen molar-refractivity contribution in [2.24, 2.45) is 0 Å². The molecule has 1 aliphatic heterocycles. The lowest BCUT2D eigenvalue weighted by molar-refractivity contribution is 0.0857. The fourth-order valence-electron chi connectivity index (χ4n) is 2.36. The minimum absolute atomic E-state index is 0.0428. The third-order valence-corrected chi connectivity index (χ3v) is 3.50. The summed E-state index contributed by atoms with van der Waals surface area (Å²) in [4.78, 5) is 12.2. The number of carbonyl (C=O) groups excluding carboxylic acids is 1. The molecule has 2 rings (SSSR count). The van der Waals surface area contributed by atoms with Crippen molar-refractivity contribution >= 4 is 5.91 Å². The summed E-state index contributed by atoms with van der Waals surface area (Å²) in [5, 5.41) is 2.94. The van der Waals surface area contributed by atoms with E-state index in [4.69, 9.17) is 9.47 Å². The van der Waals surface area contributed by atoms with E-state index >= 15 is 0 Å². The van der Waals surface area contributed by atoms with Gasteiger partial charge in [0.1, 0.15) is 5.75 Å². The van der Waals surface area contributed by atoms with E-state index in [0.29, 0.717) is 12.1 Å². The third kappa shape index (κ3) is 3.26. The number of benzene rings is 1. The molecule has 1 saturated heterocycles. The minimum atomic E-state index is -0.0428.